The Labute approximate surface area is 141 Å². The van der Waals surface area contributed by atoms with Gasteiger partial charge in [0, 0.05) is 24.5 Å². The lowest BCUT2D eigenvalue weighted by atomic mass is 9.75. The Bertz CT molecular complexity index is 705. The lowest BCUT2D eigenvalue weighted by Crippen LogP contribution is -2.35. The molecule has 2 heterocycles. The van der Waals surface area contributed by atoms with Crippen molar-refractivity contribution in [3.05, 3.63) is 18.5 Å². The van der Waals surface area contributed by atoms with Gasteiger partial charge in [-0.3, -0.25) is 0 Å². The third-order valence-corrected chi connectivity index (χ3v) is 4.58. The highest BCUT2D eigenvalue weighted by molar-refractivity contribution is 6.41. The summed E-state index contributed by atoms with van der Waals surface area (Å²) < 4.78 is 10.7. The summed E-state index contributed by atoms with van der Waals surface area (Å²) in [5.74, 6) is 2.51. The predicted molar refractivity (Wildman–Crippen MR) is 92.6 cm³/mol. The van der Waals surface area contributed by atoms with Crippen molar-refractivity contribution in [1.29, 1.82) is 0 Å². The van der Waals surface area contributed by atoms with Crippen LogP contribution in [0.3, 0.4) is 0 Å². The molecule has 1 aromatic heterocycles. The topological polar surface area (TPSA) is 87.9 Å². The minimum absolute atomic E-state index is 0.337. The predicted octanol–water partition coefficient (Wildman–Crippen LogP) is 1.34. The number of rotatable bonds is 5. The van der Waals surface area contributed by atoms with E-state index in [1.165, 1.54) is 0 Å². The summed E-state index contributed by atoms with van der Waals surface area (Å²) in [6.07, 6.45) is 3.82. The summed E-state index contributed by atoms with van der Waals surface area (Å²) >= 11 is 0. The number of hydrogen-bond donors (Lipinski definition) is 2. The van der Waals surface area contributed by atoms with E-state index in [0.29, 0.717) is 23.7 Å². The zero-order chi connectivity index (χ0) is 17.1. The normalized spacial score (nSPS) is 15.6. The standard InChI is InChI=1S/C16H22BN3O4/c1-23-14-7-12-13(8-15(14)24-2)18-10-19-16(12)20-5-3-11(4-6-20)9-17(21)22/h7-8,10-11,21-22H,3-6,9H2,1-2H3. The molecule has 0 bridgehead atoms. The summed E-state index contributed by atoms with van der Waals surface area (Å²) in [6.45, 7) is 1.66. The minimum Gasteiger partial charge on any atom is -0.493 e. The zero-order valence-electron chi connectivity index (χ0n) is 14.0. The third kappa shape index (κ3) is 3.39. The van der Waals surface area contributed by atoms with Gasteiger partial charge < -0.3 is 24.4 Å². The molecule has 128 valence electrons. The van der Waals surface area contributed by atoms with Crippen molar-refractivity contribution >= 4 is 23.8 Å². The number of ether oxygens (including phenoxy) is 2. The van der Waals surface area contributed by atoms with E-state index in [9.17, 15) is 0 Å². The maximum absolute atomic E-state index is 9.13. The van der Waals surface area contributed by atoms with Crippen LogP contribution in [0.2, 0.25) is 6.32 Å². The Morgan fingerprint density at radius 2 is 1.79 bits per heavy atom. The molecule has 0 atom stereocenters. The van der Waals surface area contributed by atoms with Crippen molar-refractivity contribution in [2.24, 2.45) is 5.92 Å². The number of aromatic nitrogens is 2. The molecule has 2 aromatic rings. The van der Waals surface area contributed by atoms with Crippen molar-refractivity contribution in [2.45, 2.75) is 19.2 Å². The van der Waals surface area contributed by atoms with Gasteiger partial charge in [-0.2, -0.15) is 0 Å². The van der Waals surface area contributed by atoms with E-state index in [2.05, 4.69) is 14.9 Å². The van der Waals surface area contributed by atoms with Crippen LogP contribution in [0.5, 0.6) is 11.5 Å². The van der Waals surface area contributed by atoms with Gasteiger partial charge in [-0.15, -0.1) is 0 Å². The molecule has 0 saturated carbocycles. The average molecular weight is 331 g/mol. The van der Waals surface area contributed by atoms with Crippen LogP contribution in [0.25, 0.3) is 10.9 Å². The van der Waals surface area contributed by atoms with E-state index >= 15 is 0 Å². The average Bonchev–Trinajstić information content (AvgIpc) is 2.60. The lowest BCUT2D eigenvalue weighted by molar-refractivity contribution is 0.355. The first-order valence-corrected chi connectivity index (χ1v) is 8.10. The number of nitrogens with zero attached hydrogens (tertiary/aromatic N) is 3. The molecule has 3 rings (SSSR count). The van der Waals surface area contributed by atoms with Crippen molar-refractivity contribution < 1.29 is 19.5 Å². The van der Waals surface area contributed by atoms with Gasteiger partial charge in [-0.05, 0) is 31.1 Å². The SMILES string of the molecule is COc1cc2ncnc(N3CCC(CB(O)O)CC3)c2cc1OC. The Hall–Kier alpha value is -2.06. The third-order valence-electron chi connectivity index (χ3n) is 4.58. The fraction of sp³-hybridized carbons (Fsp3) is 0.500. The summed E-state index contributed by atoms with van der Waals surface area (Å²) in [5.41, 5.74) is 0.811. The lowest BCUT2D eigenvalue weighted by Gasteiger charge is -2.33. The van der Waals surface area contributed by atoms with Gasteiger partial charge >= 0.3 is 7.12 Å². The minimum atomic E-state index is -1.22. The van der Waals surface area contributed by atoms with Crippen molar-refractivity contribution in [1.82, 2.24) is 9.97 Å². The van der Waals surface area contributed by atoms with Crippen LogP contribution in [0.1, 0.15) is 12.8 Å². The van der Waals surface area contributed by atoms with E-state index in [-0.39, 0.29) is 0 Å². The summed E-state index contributed by atoms with van der Waals surface area (Å²) in [7, 11) is 1.99. The first kappa shape index (κ1) is 16.8. The van der Waals surface area contributed by atoms with E-state index in [1.54, 1.807) is 20.5 Å². The van der Waals surface area contributed by atoms with Gasteiger partial charge in [0.15, 0.2) is 11.5 Å². The summed E-state index contributed by atoms with van der Waals surface area (Å²) in [5, 5.41) is 19.2. The zero-order valence-corrected chi connectivity index (χ0v) is 14.0. The van der Waals surface area contributed by atoms with Gasteiger partial charge in [-0.1, -0.05) is 0 Å². The van der Waals surface area contributed by atoms with E-state index in [0.717, 1.165) is 42.7 Å². The fourth-order valence-corrected chi connectivity index (χ4v) is 3.30. The second-order valence-electron chi connectivity index (χ2n) is 6.07. The second kappa shape index (κ2) is 7.23. The molecular formula is C16H22BN3O4. The molecule has 0 amide bonds. The maximum atomic E-state index is 9.13. The number of fused-ring (bicyclic) bond motifs is 1. The summed E-state index contributed by atoms with van der Waals surface area (Å²) in [6, 6.07) is 3.77. The Morgan fingerprint density at radius 3 is 2.42 bits per heavy atom. The highest BCUT2D eigenvalue weighted by Gasteiger charge is 2.25. The van der Waals surface area contributed by atoms with Crippen LogP contribution in [0.15, 0.2) is 18.5 Å². The first-order valence-electron chi connectivity index (χ1n) is 8.10. The molecule has 0 aliphatic carbocycles. The van der Waals surface area contributed by atoms with Gasteiger partial charge in [0.25, 0.3) is 0 Å². The molecule has 2 N–H and O–H groups in total. The van der Waals surface area contributed by atoms with Crippen LogP contribution in [-0.4, -0.2) is 54.4 Å². The molecular weight excluding hydrogens is 309 g/mol. The number of hydrogen-bond acceptors (Lipinski definition) is 7. The molecule has 1 saturated heterocycles. The first-order chi connectivity index (χ1) is 11.6. The Balaban J connectivity index is 1.87. The van der Waals surface area contributed by atoms with Gasteiger partial charge in [0.2, 0.25) is 0 Å². The highest BCUT2D eigenvalue weighted by Crippen LogP contribution is 2.36. The molecule has 1 aliphatic heterocycles. The van der Waals surface area contributed by atoms with Crippen molar-refractivity contribution in [2.75, 3.05) is 32.2 Å². The van der Waals surface area contributed by atoms with E-state index < -0.39 is 7.12 Å². The molecule has 0 spiro atoms. The van der Waals surface area contributed by atoms with E-state index in [4.69, 9.17) is 19.5 Å². The van der Waals surface area contributed by atoms with Gasteiger partial charge in [-0.25, -0.2) is 9.97 Å². The largest absolute Gasteiger partial charge is 0.493 e. The number of anilines is 1. The monoisotopic (exact) mass is 331 g/mol. The molecule has 7 nitrogen and oxygen atoms in total. The van der Waals surface area contributed by atoms with Crippen LogP contribution in [0, 0.1) is 5.92 Å². The van der Waals surface area contributed by atoms with Crippen LogP contribution >= 0.6 is 0 Å². The summed E-state index contributed by atoms with van der Waals surface area (Å²) in [4.78, 5) is 11.0. The molecule has 0 radical (unpaired) electrons. The highest BCUT2D eigenvalue weighted by atomic mass is 16.5. The van der Waals surface area contributed by atoms with Crippen molar-refractivity contribution in [3.63, 3.8) is 0 Å². The number of benzene rings is 1. The molecule has 1 aromatic carbocycles. The fourth-order valence-electron chi connectivity index (χ4n) is 3.30. The number of piperidine rings is 1. The molecule has 24 heavy (non-hydrogen) atoms. The van der Waals surface area contributed by atoms with Crippen LogP contribution in [-0.2, 0) is 0 Å². The van der Waals surface area contributed by atoms with Crippen molar-refractivity contribution in [3.8, 4) is 11.5 Å². The van der Waals surface area contributed by atoms with Gasteiger partial charge in [0.05, 0.1) is 19.7 Å². The van der Waals surface area contributed by atoms with Gasteiger partial charge in [0.1, 0.15) is 12.1 Å². The molecule has 1 fully saturated rings. The van der Waals surface area contributed by atoms with Crippen LogP contribution < -0.4 is 14.4 Å². The maximum Gasteiger partial charge on any atom is 0.451 e. The smallest absolute Gasteiger partial charge is 0.451 e. The Morgan fingerprint density at radius 1 is 1.12 bits per heavy atom. The van der Waals surface area contributed by atoms with Crippen LogP contribution in [0.4, 0.5) is 5.82 Å². The molecule has 1 aliphatic rings. The van der Waals surface area contributed by atoms with E-state index in [1.807, 2.05) is 12.1 Å². The Kier molecular flexibility index (Phi) is 5.06. The second-order valence-corrected chi connectivity index (χ2v) is 6.07. The quantitative estimate of drug-likeness (QED) is 0.799. The number of methoxy groups -OCH3 is 2. The molecule has 0 unspecified atom stereocenters. The molecule has 8 heteroatoms.